The highest BCUT2D eigenvalue weighted by molar-refractivity contribution is 6.15. The van der Waals surface area contributed by atoms with Gasteiger partial charge in [-0.25, -0.2) is 0 Å². The summed E-state index contributed by atoms with van der Waals surface area (Å²) >= 11 is 0. The standard InChI is InChI=1S/C19H14N2O4/c22-17-9-13(11-5-1-3-7-15(11)20-17)18(23)21-10-14(19(24)25)12-6-2-4-8-16(12)21/h1-9,14H,10H2,(H,20,22)(H,24,25)/t14-/m0/s1. The minimum atomic E-state index is -0.974. The number of aromatic amines is 1. The van der Waals surface area contributed by atoms with Crippen LogP contribution in [-0.4, -0.2) is 28.5 Å². The van der Waals surface area contributed by atoms with Gasteiger partial charge in [-0.05, 0) is 17.7 Å². The zero-order valence-electron chi connectivity index (χ0n) is 13.1. The maximum atomic E-state index is 13.1. The van der Waals surface area contributed by atoms with Gasteiger partial charge in [-0.1, -0.05) is 36.4 Å². The molecule has 6 nitrogen and oxygen atoms in total. The van der Waals surface area contributed by atoms with Crippen LogP contribution in [-0.2, 0) is 4.79 Å². The van der Waals surface area contributed by atoms with Crippen molar-refractivity contribution in [3.63, 3.8) is 0 Å². The number of fused-ring (bicyclic) bond motifs is 2. The van der Waals surface area contributed by atoms with Gasteiger partial charge >= 0.3 is 5.97 Å². The Morgan fingerprint density at radius 1 is 1.08 bits per heavy atom. The van der Waals surface area contributed by atoms with Crippen molar-refractivity contribution in [1.29, 1.82) is 0 Å². The number of amides is 1. The Hall–Kier alpha value is -3.41. The second-order valence-electron chi connectivity index (χ2n) is 5.96. The highest BCUT2D eigenvalue weighted by Crippen LogP contribution is 2.37. The Bertz CT molecular complexity index is 1070. The summed E-state index contributed by atoms with van der Waals surface area (Å²) in [5, 5.41) is 10.1. The Morgan fingerprint density at radius 2 is 1.80 bits per heavy atom. The number of aromatic nitrogens is 1. The SMILES string of the molecule is O=C(O)[C@H]1CN(C(=O)c2cc(=O)[nH]c3ccccc23)c2ccccc21. The smallest absolute Gasteiger partial charge is 0.312 e. The summed E-state index contributed by atoms with van der Waals surface area (Å²) in [7, 11) is 0. The molecular formula is C19H14N2O4. The van der Waals surface area contributed by atoms with Crippen molar-refractivity contribution in [2.45, 2.75) is 5.92 Å². The van der Waals surface area contributed by atoms with Gasteiger partial charge in [0, 0.05) is 29.2 Å². The van der Waals surface area contributed by atoms with Gasteiger partial charge in [0.1, 0.15) is 5.92 Å². The molecule has 0 bridgehead atoms. The summed E-state index contributed by atoms with van der Waals surface area (Å²) in [5.74, 6) is -2.12. The number of pyridine rings is 1. The van der Waals surface area contributed by atoms with E-state index in [0.29, 0.717) is 22.2 Å². The fourth-order valence-electron chi connectivity index (χ4n) is 3.34. The molecule has 124 valence electrons. The third kappa shape index (κ3) is 2.39. The van der Waals surface area contributed by atoms with Crippen LogP contribution in [0.4, 0.5) is 5.69 Å². The van der Waals surface area contributed by atoms with Crippen molar-refractivity contribution in [1.82, 2.24) is 4.98 Å². The van der Waals surface area contributed by atoms with Crippen LogP contribution in [0.2, 0.25) is 0 Å². The molecule has 0 aliphatic carbocycles. The second kappa shape index (κ2) is 5.59. The molecule has 1 amide bonds. The molecule has 1 aliphatic heterocycles. The summed E-state index contributed by atoms with van der Waals surface area (Å²) in [4.78, 5) is 40.7. The summed E-state index contributed by atoms with van der Waals surface area (Å²) in [6.07, 6.45) is 0. The van der Waals surface area contributed by atoms with Crippen molar-refractivity contribution in [2.24, 2.45) is 0 Å². The number of anilines is 1. The minimum absolute atomic E-state index is 0.0502. The van der Waals surface area contributed by atoms with E-state index in [1.807, 2.05) is 0 Å². The highest BCUT2D eigenvalue weighted by atomic mass is 16.4. The number of benzene rings is 2. The lowest BCUT2D eigenvalue weighted by molar-refractivity contribution is -0.138. The molecule has 1 aromatic heterocycles. The van der Waals surface area contributed by atoms with Gasteiger partial charge in [0.25, 0.3) is 5.91 Å². The number of carboxylic acid groups (broad SMARTS) is 1. The molecule has 25 heavy (non-hydrogen) atoms. The zero-order chi connectivity index (χ0) is 17.6. The van der Waals surface area contributed by atoms with Crippen LogP contribution in [0.25, 0.3) is 10.9 Å². The lowest BCUT2D eigenvalue weighted by Crippen LogP contribution is -2.32. The number of para-hydroxylation sites is 2. The van der Waals surface area contributed by atoms with Crippen LogP contribution in [0.15, 0.2) is 59.4 Å². The number of nitrogens with one attached hydrogen (secondary N) is 1. The number of carbonyl (C=O) groups excluding carboxylic acids is 1. The first-order valence-electron chi connectivity index (χ1n) is 7.82. The van der Waals surface area contributed by atoms with E-state index in [1.165, 1.54) is 11.0 Å². The number of carbonyl (C=O) groups is 2. The molecule has 2 N–H and O–H groups in total. The van der Waals surface area contributed by atoms with Crippen LogP contribution in [0.3, 0.4) is 0 Å². The molecule has 0 saturated heterocycles. The van der Waals surface area contributed by atoms with Crippen molar-refractivity contribution in [2.75, 3.05) is 11.4 Å². The third-order valence-corrected chi connectivity index (χ3v) is 4.49. The highest BCUT2D eigenvalue weighted by Gasteiger charge is 2.37. The maximum absolute atomic E-state index is 13.1. The van der Waals surface area contributed by atoms with Gasteiger partial charge in [-0.3, -0.25) is 14.4 Å². The molecule has 3 aromatic rings. The molecule has 2 aromatic carbocycles. The molecule has 0 radical (unpaired) electrons. The van der Waals surface area contributed by atoms with Gasteiger partial charge in [0.2, 0.25) is 5.56 Å². The number of H-pyrrole nitrogens is 1. The van der Waals surface area contributed by atoms with Gasteiger partial charge in [-0.15, -0.1) is 0 Å². The first-order chi connectivity index (χ1) is 12.1. The van der Waals surface area contributed by atoms with Crippen molar-refractivity contribution >= 4 is 28.5 Å². The molecule has 4 rings (SSSR count). The topological polar surface area (TPSA) is 90.5 Å². The first kappa shape index (κ1) is 15.1. The molecular weight excluding hydrogens is 320 g/mol. The van der Waals surface area contributed by atoms with Crippen LogP contribution in [0.1, 0.15) is 21.8 Å². The molecule has 0 spiro atoms. The molecule has 1 atom stereocenters. The van der Waals surface area contributed by atoms with Crippen molar-refractivity contribution in [3.05, 3.63) is 76.1 Å². The quantitative estimate of drug-likeness (QED) is 0.753. The molecule has 1 aliphatic rings. The van der Waals surface area contributed by atoms with E-state index in [2.05, 4.69) is 4.98 Å². The zero-order valence-corrected chi connectivity index (χ0v) is 13.1. The van der Waals surface area contributed by atoms with E-state index in [0.717, 1.165) is 0 Å². The van der Waals surface area contributed by atoms with E-state index in [4.69, 9.17) is 0 Å². The number of hydrogen-bond donors (Lipinski definition) is 2. The van der Waals surface area contributed by atoms with Gasteiger partial charge in [0.05, 0.1) is 5.56 Å². The molecule has 0 fully saturated rings. The number of carboxylic acids is 1. The Kier molecular flexibility index (Phi) is 3.39. The fraction of sp³-hybridized carbons (Fsp3) is 0.105. The summed E-state index contributed by atoms with van der Waals surface area (Å²) in [6.45, 7) is 0.0502. The van der Waals surface area contributed by atoms with E-state index in [-0.39, 0.29) is 23.6 Å². The minimum Gasteiger partial charge on any atom is -0.481 e. The Morgan fingerprint density at radius 3 is 2.60 bits per heavy atom. The van der Waals surface area contributed by atoms with Crippen molar-refractivity contribution in [3.8, 4) is 0 Å². The predicted octanol–water partition coefficient (Wildman–Crippen LogP) is 2.36. The van der Waals surface area contributed by atoms with E-state index >= 15 is 0 Å². The molecule has 6 heteroatoms. The third-order valence-electron chi connectivity index (χ3n) is 4.49. The van der Waals surface area contributed by atoms with E-state index in [9.17, 15) is 19.5 Å². The number of aliphatic carboxylic acids is 1. The number of hydrogen-bond acceptors (Lipinski definition) is 3. The largest absolute Gasteiger partial charge is 0.481 e. The van der Waals surface area contributed by atoms with Crippen LogP contribution in [0, 0.1) is 0 Å². The normalized spacial score (nSPS) is 16.0. The van der Waals surface area contributed by atoms with Gasteiger partial charge in [0.15, 0.2) is 0 Å². The predicted molar refractivity (Wildman–Crippen MR) is 93.1 cm³/mol. The first-order valence-corrected chi connectivity index (χ1v) is 7.82. The fourth-order valence-corrected chi connectivity index (χ4v) is 3.34. The van der Waals surface area contributed by atoms with E-state index < -0.39 is 11.9 Å². The molecule has 2 heterocycles. The second-order valence-corrected chi connectivity index (χ2v) is 5.96. The average molecular weight is 334 g/mol. The number of rotatable bonds is 2. The summed E-state index contributed by atoms with van der Waals surface area (Å²) in [5.41, 5.74) is 1.65. The van der Waals surface area contributed by atoms with Crippen LogP contribution in [0.5, 0.6) is 0 Å². The average Bonchev–Trinajstić information content (AvgIpc) is 3.00. The van der Waals surface area contributed by atoms with Crippen molar-refractivity contribution < 1.29 is 14.7 Å². The summed E-state index contributed by atoms with van der Waals surface area (Å²) in [6, 6.07) is 15.3. The van der Waals surface area contributed by atoms with E-state index in [1.54, 1.807) is 48.5 Å². The van der Waals surface area contributed by atoms with Crippen LogP contribution < -0.4 is 10.5 Å². The maximum Gasteiger partial charge on any atom is 0.312 e. The Balaban J connectivity index is 1.86. The number of nitrogens with zero attached hydrogens (tertiary/aromatic N) is 1. The molecule has 0 saturated carbocycles. The van der Waals surface area contributed by atoms with Gasteiger partial charge < -0.3 is 15.0 Å². The molecule has 0 unspecified atom stereocenters. The lowest BCUT2D eigenvalue weighted by Gasteiger charge is -2.18. The monoisotopic (exact) mass is 334 g/mol. The van der Waals surface area contributed by atoms with Gasteiger partial charge in [-0.2, -0.15) is 0 Å². The summed E-state index contributed by atoms with van der Waals surface area (Å²) < 4.78 is 0. The Labute approximate surface area is 142 Å². The lowest BCUT2D eigenvalue weighted by atomic mass is 10.0. The van der Waals surface area contributed by atoms with Crippen LogP contribution >= 0.6 is 0 Å².